The number of hydrogen-bond donors (Lipinski definition) is 3. The average molecular weight is 202 g/mol. The van der Waals surface area contributed by atoms with E-state index in [1.807, 2.05) is 13.8 Å². The first-order valence-electron chi connectivity index (χ1n) is 5.22. The molecule has 0 aliphatic carbocycles. The van der Waals surface area contributed by atoms with Crippen molar-refractivity contribution >= 4 is 5.91 Å². The van der Waals surface area contributed by atoms with E-state index in [1.54, 1.807) is 4.90 Å². The van der Waals surface area contributed by atoms with Crippen molar-refractivity contribution in [1.82, 2.24) is 10.3 Å². The van der Waals surface area contributed by atoms with Gasteiger partial charge in [-0.05, 0) is 12.8 Å². The Morgan fingerprint density at radius 3 is 2.29 bits per heavy atom. The van der Waals surface area contributed by atoms with E-state index < -0.39 is 0 Å². The lowest BCUT2D eigenvalue weighted by atomic mass is 10.1. The van der Waals surface area contributed by atoms with Gasteiger partial charge in [-0.3, -0.25) is 16.1 Å². The highest BCUT2D eigenvalue weighted by atomic mass is 16.2. The molecule has 5 N–H and O–H groups in total. The maximum absolute atomic E-state index is 11.1. The number of amides is 1. The van der Waals surface area contributed by atoms with Gasteiger partial charge in [-0.2, -0.15) is 0 Å². The molecule has 0 aromatic heterocycles. The number of rotatable bonds is 2. The van der Waals surface area contributed by atoms with Crippen LogP contribution in [0.15, 0.2) is 0 Å². The van der Waals surface area contributed by atoms with Gasteiger partial charge in [0.1, 0.15) is 0 Å². The van der Waals surface area contributed by atoms with E-state index in [4.69, 9.17) is 11.6 Å². The molecule has 1 saturated heterocycles. The standard InChI is InChI=1S/C7H16N4O.C2H6/c8-5-7(12)11-3-1-6(10-9)2-4-11;1-2/h6,10H,1-5,8-9H2;1-2H3. The first-order valence-corrected chi connectivity index (χ1v) is 5.22. The Morgan fingerprint density at radius 2 is 1.93 bits per heavy atom. The zero-order chi connectivity index (χ0) is 11.0. The van der Waals surface area contributed by atoms with E-state index >= 15 is 0 Å². The van der Waals surface area contributed by atoms with Crippen molar-refractivity contribution in [3.05, 3.63) is 0 Å². The van der Waals surface area contributed by atoms with E-state index in [0.29, 0.717) is 6.04 Å². The Bertz CT molecular complexity index is 155. The van der Waals surface area contributed by atoms with Crippen LogP contribution in [-0.4, -0.2) is 36.5 Å². The van der Waals surface area contributed by atoms with Crippen LogP contribution in [0, 0.1) is 0 Å². The summed E-state index contributed by atoms with van der Waals surface area (Å²) in [5.41, 5.74) is 7.95. The molecule has 0 spiro atoms. The van der Waals surface area contributed by atoms with Gasteiger partial charge in [0.25, 0.3) is 0 Å². The molecule has 1 rings (SSSR count). The number of carbonyl (C=O) groups excluding carboxylic acids is 1. The van der Waals surface area contributed by atoms with Crippen molar-refractivity contribution in [3.63, 3.8) is 0 Å². The molecule has 1 amide bonds. The molecule has 1 aliphatic rings. The highest BCUT2D eigenvalue weighted by Gasteiger charge is 2.20. The maximum Gasteiger partial charge on any atom is 0.236 e. The van der Waals surface area contributed by atoms with Gasteiger partial charge in [0.15, 0.2) is 0 Å². The SMILES string of the molecule is CC.NCC(=O)N1CCC(NN)CC1. The largest absolute Gasteiger partial charge is 0.341 e. The zero-order valence-electron chi connectivity index (χ0n) is 9.12. The lowest BCUT2D eigenvalue weighted by Gasteiger charge is -2.31. The number of piperidine rings is 1. The second-order valence-corrected chi connectivity index (χ2v) is 3.03. The van der Waals surface area contributed by atoms with Gasteiger partial charge in [0, 0.05) is 19.1 Å². The van der Waals surface area contributed by atoms with E-state index in [-0.39, 0.29) is 12.5 Å². The molecule has 0 unspecified atom stereocenters. The molecule has 0 atom stereocenters. The van der Waals surface area contributed by atoms with Crippen LogP contribution in [0.3, 0.4) is 0 Å². The minimum atomic E-state index is 0.0328. The summed E-state index contributed by atoms with van der Waals surface area (Å²) < 4.78 is 0. The van der Waals surface area contributed by atoms with Crippen LogP contribution in [-0.2, 0) is 4.79 Å². The first kappa shape index (κ1) is 13.4. The number of carbonyl (C=O) groups is 1. The minimum absolute atomic E-state index is 0.0328. The number of nitrogens with one attached hydrogen (secondary N) is 1. The van der Waals surface area contributed by atoms with Crippen LogP contribution in [0.2, 0.25) is 0 Å². The first-order chi connectivity index (χ1) is 6.77. The van der Waals surface area contributed by atoms with Crippen molar-refractivity contribution < 1.29 is 4.79 Å². The van der Waals surface area contributed by atoms with Gasteiger partial charge in [-0.15, -0.1) is 0 Å². The molecule has 84 valence electrons. The van der Waals surface area contributed by atoms with Gasteiger partial charge in [-0.1, -0.05) is 13.8 Å². The molecule has 5 nitrogen and oxygen atoms in total. The molecule has 1 heterocycles. The molecule has 0 radical (unpaired) electrons. The summed E-state index contributed by atoms with van der Waals surface area (Å²) in [4.78, 5) is 12.9. The third-order valence-corrected chi connectivity index (χ3v) is 2.26. The molecule has 0 aromatic rings. The van der Waals surface area contributed by atoms with Crippen LogP contribution in [0.5, 0.6) is 0 Å². The van der Waals surface area contributed by atoms with Crippen molar-refractivity contribution in [1.29, 1.82) is 0 Å². The van der Waals surface area contributed by atoms with Crippen LogP contribution in [0.4, 0.5) is 0 Å². The van der Waals surface area contributed by atoms with Gasteiger partial charge < -0.3 is 10.6 Å². The number of nitrogens with two attached hydrogens (primary N) is 2. The molecule has 0 bridgehead atoms. The second kappa shape index (κ2) is 7.73. The van der Waals surface area contributed by atoms with E-state index in [0.717, 1.165) is 25.9 Å². The van der Waals surface area contributed by atoms with Crippen LogP contribution < -0.4 is 17.0 Å². The van der Waals surface area contributed by atoms with Gasteiger partial charge in [0.05, 0.1) is 6.54 Å². The Kier molecular flexibility index (Phi) is 7.37. The highest BCUT2D eigenvalue weighted by Crippen LogP contribution is 2.08. The smallest absolute Gasteiger partial charge is 0.236 e. The summed E-state index contributed by atoms with van der Waals surface area (Å²) in [5.74, 6) is 5.31. The highest BCUT2D eigenvalue weighted by molar-refractivity contribution is 5.78. The molecular weight excluding hydrogens is 180 g/mol. The quantitative estimate of drug-likeness (QED) is 0.413. The van der Waals surface area contributed by atoms with E-state index in [9.17, 15) is 4.79 Å². The molecule has 1 aliphatic heterocycles. The fourth-order valence-corrected chi connectivity index (χ4v) is 1.42. The third-order valence-electron chi connectivity index (χ3n) is 2.26. The Labute approximate surface area is 85.8 Å². The summed E-state index contributed by atoms with van der Waals surface area (Å²) in [5, 5.41) is 0. The Morgan fingerprint density at radius 1 is 1.43 bits per heavy atom. The second-order valence-electron chi connectivity index (χ2n) is 3.03. The lowest BCUT2D eigenvalue weighted by molar-refractivity contribution is -0.130. The normalized spacial score (nSPS) is 17.3. The Balaban J connectivity index is 0.000000791. The predicted octanol–water partition coefficient (Wildman–Crippen LogP) is -0.574. The number of hydrogen-bond acceptors (Lipinski definition) is 4. The van der Waals surface area contributed by atoms with E-state index in [2.05, 4.69) is 5.43 Å². The number of nitrogens with zero attached hydrogens (tertiary/aromatic N) is 1. The summed E-state index contributed by atoms with van der Waals surface area (Å²) in [7, 11) is 0. The van der Waals surface area contributed by atoms with Gasteiger partial charge in [0.2, 0.25) is 5.91 Å². The zero-order valence-corrected chi connectivity index (χ0v) is 9.12. The van der Waals surface area contributed by atoms with Crippen molar-refractivity contribution in [2.45, 2.75) is 32.7 Å². The Hall–Kier alpha value is -0.650. The van der Waals surface area contributed by atoms with Crippen LogP contribution in [0.1, 0.15) is 26.7 Å². The monoisotopic (exact) mass is 202 g/mol. The number of likely N-dealkylation sites (tertiary alicyclic amines) is 1. The van der Waals surface area contributed by atoms with Crippen molar-refractivity contribution in [2.75, 3.05) is 19.6 Å². The summed E-state index contributed by atoms with van der Waals surface area (Å²) in [6.07, 6.45) is 1.84. The maximum atomic E-state index is 11.1. The van der Waals surface area contributed by atoms with Gasteiger partial charge >= 0.3 is 0 Å². The molecule has 0 aromatic carbocycles. The fraction of sp³-hybridized carbons (Fsp3) is 0.889. The topological polar surface area (TPSA) is 84.4 Å². The molecular formula is C9H22N4O. The van der Waals surface area contributed by atoms with Crippen molar-refractivity contribution in [2.24, 2.45) is 11.6 Å². The molecule has 1 fully saturated rings. The summed E-state index contributed by atoms with van der Waals surface area (Å²) >= 11 is 0. The summed E-state index contributed by atoms with van der Waals surface area (Å²) in [6.45, 7) is 5.65. The third kappa shape index (κ3) is 4.04. The predicted molar refractivity (Wildman–Crippen MR) is 57.3 cm³/mol. The summed E-state index contributed by atoms with van der Waals surface area (Å²) in [6, 6.07) is 0.354. The van der Waals surface area contributed by atoms with E-state index in [1.165, 1.54) is 0 Å². The molecule has 14 heavy (non-hydrogen) atoms. The van der Waals surface area contributed by atoms with Gasteiger partial charge in [-0.25, -0.2) is 0 Å². The van der Waals surface area contributed by atoms with Crippen molar-refractivity contribution in [3.8, 4) is 0 Å². The molecule has 0 saturated carbocycles. The average Bonchev–Trinajstić information content (AvgIpc) is 2.31. The minimum Gasteiger partial charge on any atom is -0.341 e. The lowest BCUT2D eigenvalue weighted by Crippen LogP contribution is -2.48. The fourth-order valence-electron chi connectivity index (χ4n) is 1.42. The van der Waals surface area contributed by atoms with Crippen LogP contribution in [0.25, 0.3) is 0 Å². The van der Waals surface area contributed by atoms with Crippen LogP contribution >= 0.6 is 0 Å². The molecule has 5 heteroatoms. The number of hydrazine groups is 1.